The number of benzene rings is 1. The van der Waals surface area contributed by atoms with E-state index in [-0.39, 0.29) is 16.7 Å². The van der Waals surface area contributed by atoms with Gasteiger partial charge in [-0.2, -0.15) is 0 Å². The van der Waals surface area contributed by atoms with Gasteiger partial charge in [0.05, 0.1) is 24.4 Å². The third-order valence-corrected chi connectivity index (χ3v) is 6.71. The van der Waals surface area contributed by atoms with E-state index >= 15 is 0 Å². The molecule has 1 fully saturated rings. The number of amidine groups is 1. The molecular weight excluding hydrogens is 410 g/mol. The van der Waals surface area contributed by atoms with Crippen molar-refractivity contribution in [1.29, 1.82) is 0 Å². The van der Waals surface area contributed by atoms with Crippen LogP contribution >= 0.6 is 11.8 Å². The highest BCUT2D eigenvalue weighted by atomic mass is 32.2. The molecule has 0 radical (unpaired) electrons. The molecule has 1 aromatic carbocycles. The van der Waals surface area contributed by atoms with Crippen LogP contribution in [-0.2, 0) is 5.54 Å². The van der Waals surface area contributed by atoms with Gasteiger partial charge < -0.3 is 15.8 Å². The van der Waals surface area contributed by atoms with Crippen LogP contribution < -0.4 is 15.8 Å². The number of aromatic nitrogens is 3. The van der Waals surface area contributed by atoms with Gasteiger partial charge in [-0.25, -0.2) is 23.7 Å². The van der Waals surface area contributed by atoms with Crippen molar-refractivity contribution in [3.8, 4) is 5.88 Å². The maximum Gasteiger partial charge on any atom is 0.232 e. The maximum absolute atomic E-state index is 14.8. The zero-order valence-electron chi connectivity index (χ0n) is 16.2. The van der Waals surface area contributed by atoms with E-state index in [0.717, 1.165) is 12.5 Å². The van der Waals surface area contributed by atoms with Crippen LogP contribution in [0.1, 0.15) is 18.9 Å². The number of hydrogen-bond donors (Lipinski definition) is 2. The minimum atomic E-state index is -0.964. The number of halogens is 2. The van der Waals surface area contributed by atoms with E-state index in [1.807, 2.05) is 0 Å². The first-order valence-electron chi connectivity index (χ1n) is 9.33. The van der Waals surface area contributed by atoms with Crippen LogP contribution in [0.2, 0.25) is 0 Å². The van der Waals surface area contributed by atoms with E-state index in [1.54, 1.807) is 25.3 Å². The third kappa shape index (κ3) is 3.02. The molecule has 1 saturated carbocycles. The van der Waals surface area contributed by atoms with E-state index in [1.165, 1.54) is 25.1 Å². The molecule has 1 aliphatic heterocycles. The highest BCUT2D eigenvalue weighted by Gasteiger charge is 2.56. The Balaban J connectivity index is 1.57. The van der Waals surface area contributed by atoms with Gasteiger partial charge in [-0.05, 0) is 25.5 Å². The second-order valence-corrected chi connectivity index (χ2v) is 8.74. The molecule has 3 heterocycles. The number of rotatable bonds is 4. The number of nitrogens with zero attached hydrogens (tertiary/aromatic N) is 4. The van der Waals surface area contributed by atoms with Crippen molar-refractivity contribution < 1.29 is 13.5 Å². The average molecular weight is 428 g/mol. The molecule has 154 valence electrons. The Morgan fingerprint density at radius 3 is 2.93 bits per heavy atom. The molecule has 5 rings (SSSR count). The quantitative estimate of drug-likeness (QED) is 0.653. The van der Waals surface area contributed by atoms with Gasteiger partial charge in [-0.1, -0.05) is 11.8 Å². The van der Waals surface area contributed by atoms with Crippen molar-refractivity contribution in [2.75, 3.05) is 12.4 Å². The fraction of sp³-hybridized carbons (Fsp3) is 0.300. The van der Waals surface area contributed by atoms with Crippen molar-refractivity contribution in [2.45, 2.75) is 24.1 Å². The fourth-order valence-electron chi connectivity index (χ4n) is 3.93. The lowest BCUT2D eigenvalue weighted by Gasteiger charge is -2.30. The number of thioether (sulfide) groups is 1. The number of ether oxygens (including phenoxy) is 1. The number of hydrogen-bond acceptors (Lipinski definition) is 8. The van der Waals surface area contributed by atoms with E-state index in [2.05, 4.69) is 25.3 Å². The van der Waals surface area contributed by atoms with Crippen molar-refractivity contribution >= 4 is 39.5 Å². The van der Waals surface area contributed by atoms with E-state index in [0.29, 0.717) is 33.6 Å². The van der Waals surface area contributed by atoms with Gasteiger partial charge >= 0.3 is 0 Å². The Labute approximate surface area is 175 Å². The first-order chi connectivity index (χ1) is 14.4. The smallest absolute Gasteiger partial charge is 0.232 e. The Hall–Kier alpha value is -3.01. The molecule has 3 atom stereocenters. The standard InChI is InChI=1S/C20H18F2N6OS/c1-20(10-7-14(10)30-19(23)28-20)11-5-9(6-12(21)16(11)22)26-18-17-13(3-4-24-18)27-15(29-2)8-25-17/h3-6,8,10,14H,7H2,1-2H3,(H2,23,28)(H,24,26)/t10-,14+,20-/m1/s1. The lowest BCUT2D eigenvalue weighted by molar-refractivity contribution is 0.393. The third-order valence-electron chi connectivity index (χ3n) is 5.55. The van der Waals surface area contributed by atoms with Gasteiger partial charge in [0, 0.05) is 34.7 Å². The van der Waals surface area contributed by atoms with Crippen LogP contribution in [0.4, 0.5) is 20.3 Å². The molecule has 2 aliphatic rings. The lowest BCUT2D eigenvalue weighted by Crippen LogP contribution is -2.32. The summed E-state index contributed by atoms with van der Waals surface area (Å²) in [6.07, 6.45) is 3.89. The normalized spacial score (nSPS) is 24.9. The second kappa shape index (κ2) is 6.76. The number of fused-ring (bicyclic) bond motifs is 2. The maximum atomic E-state index is 14.8. The first-order valence-corrected chi connectivity index (χ1v) is 10.2. The van der Waals surface area contributed by atoms with Crippen molar-refractivity contribution in [3.05, 3.63) is 47.8 Å². The van der Waals surface area contributed by atoms with Crippen molar-refractivity contribution in [1.82, 2.24) is 15.0 Å². The van der Waals surface area contributed by atoms with Crippen LogP contribution in [-0.4, -0.2) is 32.5 Å². The zero-order chi connectivity index (χ0) is 21.0. The molecular formula is C20H18F2N6OS. The lowest BCUT2D eigenvalue weighted by atomic mass is 9.86. The van der Waals surface area contributed by atoms with E-state index in [9.17, 15) is 8.78 Å². The van der Waals surface area contributed by atoms with Crippen LogP contribution in [0.25, 0.3) is 11.0 Å². The molecule has 7 nitrogen and oxygen atoms in total. The highest BCUT2D eigenvalue weighted by Crippen LogP contribution is 2.58. The molecule has 3 N–H and O–H groups in total. The number of aliphatic imine (C=N–C) groups is 1. The summed E-state index contributed by atoms with van der Waals surface area (Å²) in [4.78, 5) is 17.4. The van der Waals surface area contributed by atoms with Crippen LogP contribution in [0.3, 0.4) is 0 Å². The monoisotopic (exact) mass is 428 g/mol. The minimum absolute atomic E-state index is 0.118. The molecule has 0 amide bonds. The molecule has 2 aromatic heterocycles. The average Bonchev–Trinajstić information content (AvgIpc) is 3.50. The summed E-state index contributed by atoms with van der Waals surface area (Å²) in [6.45, 7) is 1.81. The molecule has 0 unspecified atom stereocenters. The van der Waals surface area contributed by atoms with Crippen LogP contribution in [0, 0.1) is 17.6 Å². The van der Waals surface area contributed by atoms with E-state index < -0.39 is 17.2 Å². The van der Waals surface area contributed by atoms with Gasteiger partial charge in [-0.15, -0.1) is 0 Å². The molecule has 0 spiro atoms. The molecule has 0 saturated heterocycles. The second-order valence-electron chi connectivity index (χ2n) is 7.48. The zero-order valence-corrected chi connectivity index (χ0v) is 17.0. The van der Waals surface area contributed by atoms with Gasteiger partial charge in [0.25, 0.3) is 0 Å². The fourth-order valence-corrected chi connectivity index (χ4v) is 5.22. The number of anilines is 2. The summed E-state index contributed by atoms with van der Waals surface area (Å²) in [6, 6.07) is 4.35. The number of nitrogens with one attached hydrogen (secondary N) is 1. The Morgan fingerprint density at radius 1 is 1.30 bits per heavy atom. The first kappa shape index (κ1) is 19.0. The van der Waals surface area contributed by atoms with Crippen LogP contribution in [0.5, 0.6) is 5.88 Å². The summed E-state index contributed by atoms with van der Waals surface area (Å²) in [7, 11) is 1.50. The van der Waals surface area contributed by atoms with Crippen LogP contribution in [0.15, 0.2) is 35.6 Å². The van der Waals surface area contributed by atoms with Crippen molar-refractivity contribution in [3.63, 3.8) is 0 Å². The highest BCUT2D eigenvalue weighted by molar-refractivity contribution is 8.14. The molecule has 3 aromatic rings. The van der Waals surface area contributed by atoms with Crippen molar-refractivity contribution in [2.24, 2.45) is 16.6 Å². The van der Waals surface area contributed by atoms with E-state index in [4.69, 9.17) is 10.5 Å². The number of nitrogens with two attached hydrogens (primary N) is 1. The summed E-state index contributed by atoms with van der Waals surface area (Å²) >= 11 is 1.49. The molecule has 0 bridgehead atoms. The molecule has 30 heavy (non-hydrogen) atoms. The predicted molar refractivity (Wildman–Crippen MR) is 112 cm³/mol. The Morgan fingerprint density at radius 2 is 2.13 bits per heavy atom. The number of methoxy groups -OCH3 is 1. The largest absolute Gasteiger partial charge is 0.480 e. The van der Waals surface area contributed by atoms with Gasteiger partial charge in [0.1, 0.15) is 5.52 Å². The Bertz CT molecular complexity index is 1210. The molecule has 10 heteroatoms. The summed E-state index contributed by atoms with van der Waals surface area (Å²) < 4.78 is 34.5. The summed E-state index contributed by atoms with van der Waals surface area (Å²) in [5, 5.41) is 3.73. The van der Waals surface area contributed by atoms with Gasteiger partial charge in [0.15, 0.2) is 22.6 Å². The van der Waals surface area contributed by atoms with Gasteiger partial charge in [-0.3, -0.25) is 4.99 Å². The predicted octanol–water partition coefficient (Wildman–Crippen LogP) is 3.72. The Kier molecular flexibility index (Phi) is 4.28. The summed E-state index contributed by atoms with van der Waals surface area (Å²) in [5.74, 6) is -1.02. The topological polar surface area (TPSA) is 98.3 Å². The minimum Gasteiger partial charge on any atom is -0.480 e. The molecule has 1 aliphatic carbocycles. The summed E-state index contributed by atoms with van der Waals surface area (Å²) in [5.41, 5.74) is 6.59. The van der Waals surface area contributed by atoms with Gasteiger partial charge in [0.2, 0.25) is 5.88 Å². The SMILES string of the molecule is COc1cnc2c(Nc3cc(F)c(F)c([C@]4(C)N=C(N)S[C@H]5C[C@H]54)c3)nccc2n1. The number of pyridine rings is 1.